The van der Waals surface area contributed by atoms with E-state index >= 15 is 0 Å². The van der Waals surface area contributed by atoms with Gasteiger partial charge in [-0.15, -0.1) is 0 Å². The second-order valence-electron chi connectivity index (χ2n) is 6.74. The van der Waals surface area contributed by atoms with Crippen LogP contribution in [0.1, 0.15) is 26.0 Å². The molecule has 27 heavy (non-hydrogen) atoms. The number of aryl methyl sites for hydroxylation is 1. The van der Waals surface area contributed by atoms with Crippen LogP contribution in [0.3, 0.4) is 0 Å². The van der Waals surface area contributed by atoms with E-state index in [0.717, 1.165) is 23.0 Å². The van der Waals surface area contributed by atoms with Gasteiger partial charge in [-0.3, -0.25) is 15.1 Å². The molecule has 0 aliphatic heterocycles. The zero-order chi connectivity index (χ0) is 19.4. The highest BCUT2D eigenvalue weighted by molar-refractivity contribution is 5.93. The number of rotatable bonds is 7. The number of pyridine rings is 1. The summed E-state index contributed by atoms with van der Waals surface area (Å²) in [5, 5.41) is 18.7. The molecule has 0 aliphatic rings. The van der Waals surface area contributed by atoms with Crippen molar-refractivity contribution < 1.29 is 4.92 Å². The van der Waals surface area contributed by atoms with E-state index in [4.69, 9.17) is 0 Å². The summed E-state index contributed by atoms with van der Waals surface area (Å²) < 4.78 is 0. The molecule has 1 aromatic carbocycles. The molecule has 3 aromatic rings. The minimum absolute atomic E-state index is 0.137. The maximum absolute atomic E-state index is 11.7. The molecule has 0 fully saturated rings. The summed E-state index contributed by atoms with van der Waals surface area (Å²) in [4.78, 5) is 23.9. The lowest BCUT2D eigenvalue weighted by molar-refractivity contribution is -0.383. The van der Waals surface area contributed by atoms with Gasteiger partial charge in [0.25, 0.3) is 0 Å². The van der Waals surface area contributed by atoms with E-state index in [0.29, 0.717) is 18.2 Å². The van der Waals surface area contributed by atoms with Gasteiger partial charge in [-0.2, -0.15) is 0 Å². The van der Waals surface area contributed by atoms with Crippen LogP contribution in [0.25, 0.3) is 10.9 Å². The number of benzene rings is 1. The van der Waals surface area contributed by atoms with Crippen molar-refractivity contribution in [2.75, 3.05) is 17.2 Å². The number of nitrogens with zero attached hydrogens (tertiary/aromatic N) is 4. The van der Waals surface area contributed by atoms with Crippen LogP contribution in [0.4, 0.5) is 23.0 Å². The Morgan fingerprint density at radius 2 is 1.93 bits per heavy atom. The average Bonchev–Trinajstić information content (AvgIpc) is 2.62. The highest BCUT2D eigenvalue weighted by Gasteiger charge is 2.23. The predicted octanol–water partition coefficient (Wildman–Crippen LogP) is 4.44. The van der Waals surface area contributed by atoms with Gasteiger partial charge < -0.3 is 10.6 Å². The van der Waals surface area contributed by atoms with Gasteiger partial charge in [0.2, 0.25) is 11.6 Å². The fourth-order valence-corrected chi connectivity index (χ4v) is 2.72. The molecule has 8 nitrogen and oxygen atoms in total. The number of hydrogen-bond acceptors (Lipinski definition) is 7. The molecule has 2 N–H and O–H groups in total. The molecule has 0 saturated carbocycles. The summed E-state index contributed by atoms with van der Waals surface area (Å²) >= 11 is 0. The third-order valence-corrected chi connectivity index (χ3v) is 4.13. The molecule has 0 atom stereocenters. The summed E-state index contributed by atoms with van der Waals surface area (Å²) in [6, 6.07) is 9.54. The summed E-state index contributed by atoms with van der Waals surface area (Å²) in [7, 11) is 0. The molecule has 3 rings (SSSR count). The molecular weight excluding hydrogens is 344 g/mol. The van der Waals surface area contributed by atoms with Gasteiger partial charge in [0.1, 0.15) is 6.33 Å². The molecule has 0 bridgehead atoms. The molecule has 0 aliphatic carbocycles. The van der Waals surface area contributed by atoms with Crippen molar-refractivity contribution in [2.24, 2.45) is 5.92 Å². The third kappa shape index (κ3) is 4.28. The Balaban J connectivity index is 1.97. The Kier molecular flexibility index (Phi) is 5.44. The highest BCUT2D eigenvalue weighted by Crippen LogP contribution is 2.33. The van der Waals surface area contributed by atoms with Crippen LogP contribution in [-0.4, -0.2) is 26.4 Å². The maximum atomic E-state index is 11.7. The van der Waals surface area contributed by atoms with E-state index in [-0.39, 0.29) is 17.3 Å². The summed E-state index contributed by atoms with van der Waals surface area (Å²) in [5.41, 5.74) is 2.08. The number of hydrogen-bond donors (Lipinski definition) is 2. The van der Waals surface area contributed by atoms with Crippen molar-refractivity contribution in [1.82, 2.24) is 15.0 Å². The smallest absolute Gasteiger partial charge is 0.353 e. The molecule has 8 heteroatoms. The quantitative estimate of drug-likeness (QED) is 0.470. The molecular formula is C19H22N6O2. The second-order valence-corrected chi connectivity index (χ2v) is 6.74. The topological polar surface area (TPSA) is 106 Å². The lowest BCUT2D eigenvalue weighted by Gasteiger charge is -2.12. The second kappa shape index (κ2) is 7.94. The zero-order valence-corrected chi connectivity index (χ0v) is 15.6. The number of fused-ring (bicyclic) bond motifs is 1. The molecule has 0 amide bonds. The summed E-state index contributed by atoms with van der Waals surface area (Å²) in [6.07, 6.45) is 2.20. The van der Waals surface area contributed by atoms with Gasteiger partial charge in [-0.1, -0.05) is 32.0 Å². The van der Waals surface area contributed by atoms with E-state index in [1.807, 2.05) is 37.3 Å². The van der Waals surface area contributed by atoms with Gasteiger partial charge in [0.15, 0.2) is 0 Å². The van der Waals surface area contributed by atoms with Crippen LogP contribution in [0.15, 0.2) is 36.7 Å². The fourth-order valence-electron chi connectivity index (χ4n) is 2.72. The minimum Gasteiger partial charge on any atom is -0.364 e. The number of para-hydroxylation sites is 1. The standard InChI is InChI=1S/C19H22N6O2/c1-12(2)9-10-20-18-17(25(26)27)19(22-11-21-18)24-15-6-4-5-14-8-7-13(3)23-16(14)15/h4-8,11-12H,9-10H2,1-3H3,(H2,20,21,22,24). The Labute approximate surface area is 157 Å². The molecule has 0 saturated heterocycles. The zero-order valence-electron chi connectivity index (χ0n) is 15.6. The van der Waals surface area contributed by atoms with Crippen molar-refractivity contribution in [3.8, 4) is 0 Å². The molecule has 140 valence electrons. The Morgan fingerprint density at radius 1 is 1.15 bits per heavy atom. The van der Waals surface area contributed by atoms with Crippen molar-refractivity contribution in [2.45, 2.75) is 27.2 Å². The Hall–Kier alpha value is -3.29. The first-order valence-corrected chi connectivity index (χ1v) is 8.82. The van der Waals surface area contributed by atoms with Crippen molar-refractivity contribution >= 4 is 33.9 Å². The van der Waals surface area contributed by atoms with E-state index in [1.54, 1.807) is 0 Å². The number of nitrogens with one attached hydrogen (secondary N) is 2. The van der Waals surface area contributed by atoms with E-state index in [2.05, 4.69) is 39.4 Å². The number of anilines is 3. The van der Waals surface area contributed by atoms with Crippen molar-refractivity contribution in [1.29, 1.82) is 0 Å². The fraction of sp³-hybridized carbons (Fsp3) is 0.316. The van der Waals surface area contributed by atoms with E-state index in [9.17, 15) is 10.1 Å². The monoisotopic (exact) mass is 366 g/mol. The van der Waals surface area contributed by atoms with Crippen molar-refractivity contribution in [3.63, 3.8) is 0 Å². The predicted molar refractivity (Wildman–Crippen MR) is 106 cm³/mol. The van der Waals surface area contributed by atoms with Crippen LogP contribution in [0, 0.1) is 23.0 Å². The molecule has 2 heterocycles. The molecule has 0 radical (unpaired) electrons. The van der Waals surface area contributed by atoms with E-state index in [1.165, 1.54) is 6.33 Å². The summed E-state index contributed by atoms with van der Waals surface area (Å²) in [5.74, 6) is 0.835. The Bertz CT molecular complexity index is 974. The Morgan fingerprint density at radius 3 is 2.67 bits per heavy atom. The normalized spacial score (nSPS) is 11.0. The lowest BCUT2D eigenvalue weighted by atomic mass is 10.1. The maximum Gasteiger partial charge on any atom is 0.353 e. The largest absolute Gasteiger partial charge is 0.364 e. The first-order valence-electron chi connectivity index (χ1n) is 8.82. The number of nitro groups is 1. The number of aromatic nitrogens is 3. The highest BCUT2D eigenvalue weighted by atomic mass is 16.6. The van der Waals surface area contributed by atoms with Gasteiger partial charge in [0, 0.05) is 17.6 Å². The lowest BCUT2D eigenvalue weighted by Crippen LogP contribution is -2.10. The first-order chi connectivity index (χ1) is 13.0. The van der Waals surface area contributed by atoms with Crippen LogP contribution in [0.2, 0.25) is 0 Å². The van der Waals surface area contributed by atoms with Crippen LogP contribution >= 0.6 is 0 Å². The van der Waals surface area contributed by atoms with Crippen molar-refractivity contribution in [3.05, 3.63) is 52.5 Å². The SMILES string of the molecule is Cc1ccc2cccc(Nc3ncnc(NCCC(C)C)c3[N+](=O)[O-])c2n1. The third-order valence-electron chi connectivity index (χ3n) is 4.13. The molecule has 2 aromatic heterocycles. The minimum atomic E-state index is -0.468. The average molecular weight is 366 g/mol. The molecule has 0 spiro atoms. The van der Waals surface area contributed by atoms with Crippen LogP contribution in [-0.2, 0) is 0 Å². The van der Waals surface area contributed by atoms with Gasteiger partial charge in [-0.05, 0) is 31.4 Å². The van der Waals surface area contributed by atoms with Gasteiger partial charge in [-0.25, -0.2) is 9.97 Å². The first kappa shape index (κ1) is 18.5. The van der Waals surface area contributed by atoms with Gasteiger partial charge in [0.05, 0.1) is 16.1 Å². The van der Waals surface area contributed by atoms with Crippen LogP contribution < -0.4 is 10.6 Å². The van der Waals surface area contributed by atoms with E-state index < -0.39 is 4.92 Å². The van der Waals surface area contributed by atoms with Crippen LogP contribution in [0.5, 0.6) is 0 Å². The molecule has 0 unspecified atom stereocenters. The summed E-state index contributed by atoms with van der Waals surface area (Å²) in [6.45, 7) is 6.70. The van der Waals surface area contributed by atoms with Gasteiger partial charge >= 0.3 is 5.69 Å².